The van der Waals surface area contributed by atoms with Gasteiger partial charge in [0.05, 0.1) is 12.2 Å². The van der Waals surface area contributed by atoms with Gasteiger partial charge in [-0.3, -0.25) is 4.79 Å². The SMILES string of the molecule is O=C(OCC[C@H]1CNC(=O)[C@H]2CCC[C@H]12)c1ccc(Br)cc1. The van der Waals surface area contributed by atoms with Crippen LogP contribution in [0.4, 0.5) is 0 Å². The van der Waals surface area contributed by atoms with E-state index in [-0.39, 0.29) is 17.8 Å². The lowest BCUT2D eigenvalue weighted by Crippen LogP contribution is -2.46. The molecule has 0 aromatic heterocycles. The molecule has 3 rings (SSSR count). The van der Waals surface area contributed by atoms with Crippen molar-refractivity contribution in [3.8, 4) is 0 Å². The molecule has 1 aromatic carbocycles. The van der Waals surface area contributed by atoms with Crippen molar-refractivity contribution in [2.75, 3.05) is 13.2 Å². The van der Waals surface area contributed by atoms with E-state index in [1.165, 1.54) is 0 Å². The summed E-state index contributed by atoms with van der Waals surface area (Å²) < 4.78 is 6.32. The summed E-state index contributed by atoms with van der Waals surface area (Å²) in [6.07, 6.45) is 4.09. The Balaban J connectivity index is 1.49. The van der Waals surface area contributed by atoms with E-state index in [1.54, 1.807) is 12.1 Å². The molecule has 3 atom stereocenters. The van der Waals surface area contributed by atoms with Crippen LogP contribution in [-0.2, 0) is 9.53 Å². The smallest absolute Gasteiger partial charge is 0.338 e. The lowest BCUT2D eigenvalue weighted by Gasteiger charge is -2.33. The highest BCUT2D eigenvalue weighted by Crippen LogP contribution is 2.40. The van der Waals surface area contributed by atoms with Crippen molar-refractivity contribution >= 4 is 27.8 Å². The number of ether oxygens (including phenoxy) is 1. The lowest BCUT2D eigenvalue weighted by molar-refractivity contribution is -0.129. The quantitative estimate of drug-likeness (QED) is 0.833. The van der Waals surface area contributed by atoms with Gasteiger partial charge in [0.15, 0.2) is 0 Å². The summed E-state index contributed by atoms with van der Waals surface area (Å²) in [7, 11) is 0. The van der Waals surface area contributed by atoms with Crippen LogP contribution < -0.4 is 5.32 Å². The van der Waals surface area contributed by atoms with Crippen LogP contribution in [0.1, 0.15) is 36.0 Å². The molecular weight excluding hydrogens is 346 g/mol. The van der Waals surface area contributed by atoms with Crippen molar-refractivity contribution < 1.29 is 14.3 Å². The largest absolute Gasteiger partial charge is 0.462 e. The molecule has 0 bridgehead atoms. The van der Waals surface area contributed by atoms with Crippen molar-refractivity contribution in [1.82, 2.24) is 5.32 Å². The first-order valence-corrected chi connectivity index (χ1v) is 8.65. The third-order valence-electron chi connectivity index (χ3n) is 4.85. The zero-order valence-corrected chi connectivity index (χ0v) is 14.0. The van der Waals surface area contributed by atoms with E-state index < -0.39 is 0 Å². The number of carbonyl (C=O) groups is 2. The maximum absolute atomic E-state index is 12.0. The Morgan fingerprint density at radius 1 is 1.27 bits per heavy atom. The van der Waals surface area contributed by atoms with Crippen molar-refractivity contribution in [1.29, 1.82) is 0 Å². The molecule has 1 aliphatic carbocycles. The van der Waals surface area contributed by atoms with Crippen LogP contribution in [-0.4, -0.2) is 25.0 Å². The number of piperidine rings is 1. The van der Waals surface area contributed by atoms with Crippen LogP contribution in [0.5, 0.6) is 0 Å². The van der Waals surface area contributed by atoms with Crippen molar-refractivity contribution in [3.05, 3.63) is 34.3 Å². The molecule has 1 amide bonds. The van der Waals surface area contributed by atoms with E-state index in [9.17, 15) is 9.59 Å². The predicted octanol–water partition coefficient (Wildman–Crippen LogP) is 3.16. The predicted molar refractivity (Wildman–Crippen MR) is 86.4 cm³/mol. The Morgan fingerprint density at radius 2 is 2.05 bits per heavy atom. The number of nitrogens with one attached hydrogen (secondary N) is 1. The molecule has 22 heavy (non-hydrogen) atoms. The van der Waals surface area contributed by atoms with Gasteiger partial charge in [0.2, 0.25) is 5.91 Å². The van der Waals surface area contributed by atoms with Crippen LogP contribution in [0, 0.1) is 17.8 Å². The second-order valence-corrected chi connectivity index (χ2v) is 7.05. The van der Waals surface area contributed by atoms with Crippen LogP contribution in [0.2, 0.25) is 0 Å². The number of benzene rings is 1. The van der Waals surface area contributed by atoms with Gasteiger partial charge in [-0.05, 0) is 55.4 Å². The first-order chi connectivity index (χ1) is 10.6. The third kappa shape index (κ3) is 3.35. The number of amides is 1. The number of fused-ring (bicyclic) bond motifs is 1. The summed E-state index contributed by atoms with van der Waals surface area (Å²) in [6, 6.07) is 7.16. The molecule has 0 radical (unpaired) electrons. The Kier molecular flexibility index (Phi) is 4.81. The number of halogens is 1. The maximum atomic E-state index is 12.0. The third-order valence-corrected chi connectivity index (χ3v) is 5.38. The van der Waals surface area contributed by atoms with Gasteiger partial charge in [-0.25, -0.2) is 4.79 Å². The highest BCUT2D eigenvalue weighted by molar-refractivity contribution is 9.10. The summed E-state index contributed by atoms with van der Waals surface area (Å²) in [5, 5.41) is 2.99. The number of hydrogen-bond acceptors (Lipinski definition) is 3. The van der Waals surface area contributed by atoms with Crippen molar-refractivity contribution in [2.45, 2.75) is 25.7 Å². The normalized spacial score (nSPS) is 27.1. The van der Waals surface area contributed by atoms with Gasteiger partial charge >= 0.3 is 5.97 Å². The average molecular weight is 366 g/mol. The van der Waals surface area contributed by atoms with Gasteiger partial charge in [-0.15, -0.1) is 0 Å². The van der Waals surface area contributed by atoms with Crippen LogP contribution >= 0.6 is 15.9 Å². The Bertz CT molecular complexity index is 558. The van der Waals surface area contributed by atoms with Crippen molar-refractivity contribution in [3.63, 3.8) is 0 Å². The van der Waals surface area contributed by atoms with E-state index >= 15 is 0 Å². The van der Waals surface area contributed by atoms with Gasteiger partial charge in [-0.2, -0.15) is 0 Å². The molecule has 2 aliphatic rings. The van der Waals surface area contributed by atoms with Crippen molar-refractivity contribution in [2.24, 2.45) is 17.8 Å². The number of esters is 1. The van der Waals surface area contributed by atoms with Crippen LogP contribution in [0.15, 0.2) is 28.7 Å². The summed E-state index contributed by atoms with van der Waals surface area (Å²) in [4.78, 5) is 23.8. The minimum absolute atomic E-state index is 0.181. The Morgan fingerprint density at radius 3 is 2.82 bits per heavy atom. The molecule has 0 unspecified atom stereocenters. The van der Waals surface area contributed by atoms with Gasteiger partial charge in [0, 0.05) is 16.9 Å². The topological polar surface area (TPSA) is 55.4 Å². The molecule has 118 valence electrons. The fraction of sp³-hybridized carbons (Fsp3) is 0.529. The Labute approximate surface area is 138 Å². The monoisotopic (exact) mass is 365 g/mol. The first kappa shape index (κ1) is 15.5. The Hall–Kier alpha value is -1.36. The second kappa shape index (κ2) is 6.82. The van der Waals surface area contributed by atoms with E-state index in [0.29, 0.717) is 24.0 Å². The fourth-order valence-electron chi connectivity index (χ4n) is 3.68. The molecular formula is C17H20BrNO3. The minimum atomic E-state index is -0.282. The number of rotatable bonds is 4. The van der Waals surface area contributed by atoms with Gasteiger partial charge < -0.3 is 10.1 Å². The standard InChI is InChI=1S/C17H20BrNO3/c18-13-6-4-11(5-7-13)17(21)22-9-8-12-10-19-16(20)15-3-1-2-14(12)15/h4-7,12,14-15H,1-3,8-10H2,(H,19,20)/t12-,14+,15-/m0/s1. The average Bonchev–Trinajstić information content (AvgIpc) is 3.01. The second-order valence-electron chi connectivity index (χ2n) is 6.14. The molecule has 1 saturated carbocycles. The minimum Gasteiger partial charge on any atom is -0.462 e. The lowest BCUT2D eigenvalue weighted by atomic mass is 9.79. The van der Waals surface area contributed by atoms with E-state index in [1.807, 2.05) is 12.1 Å². The number of hydrogen-bond donors (Lipinski definition) is 1. The molecule has 5 heteroatoms. The summed E-state index contributed by atoms with van der Waals surface area (Å²) in [5.74, 6) is 1.02. The molecule has 1 saturated heterocycles. The molecule has 1 heterocycles. The molecule has 4 nitrogen and oxygen atoms in total. The van der Waals surface area contributed by atoms with Crippen LogP contribution in [0.3, 0.4) is 0 Å². The van der Waals surface area contributed by atoms with Gasteiger partial charge in [-0.1, -0.05) is 22.4 Å². The summed E-state index contributed by atoms with van der Waals surface area (Å²) in [6.45, 7) is 1.13. The van der Waals surface area contributed by atoms with E-state index in [0.717, 1.165) is 36.7 Å². The summed E-state index contributed by atoms with van der Waals surface area (Å²) >= 11 is 3.34. The molecule has 0 spiro atoms. The zero-order valence-electron chi connectivity index (χ0n) is 12.4. The molecule has 1 aliphatic heterocycles. The number of carbonyl (C=O) groups excluding carboxylic acids is 2. The first-order valence-electron chi connectivity index (χ1n) is 7.85. The van der Waals surface area contributed by atoms with Gasteiger partial charge in [0.1, 0.15) is 0 Å². The molecule has 1 aromatic rings. The summed E-state index contributed by atoms with van der Waals surface area (Å²) in [5.41, 5.74) is 0.568. The molecule has 2 fully saturated rings. The van der Waals surface area contributed by atoms with Crippen LogP contribution in [0.25, 0.3) is 0 Å². The maximum Gasteiger partial charge on any atom is 0.338 e. The molecule has 1 N–H and O–H groups in total. The van der Waals surface area contributed by atoms with E-state index in [2.05, 4.69) is 21.2 Å². The highest BCUT2D eigenvalue weighted by atomic mass is 79.9. The van der Waals surface area contributed by atoms with Gasteiger partial charge in [0.25, 0.3) is 0 Å². The zero-order chi connectivity index (χ0) is 15.5. The highest BCUT2D eigenvalue weighted by Gasteiger charge is 2.41. The fourth-order valence-corrected chi connectivity index (χ4v) is 3.95. The van der Waals surface area contributed by atoms with E-state index in [4.69, 9.17) is 4.74 Å².